The number of hydrogen-bond acceptors (Lipinski definition) is 4. The molecule has 5 nitrogen and oxygen atoms in total. The highest BCUT2D eigenvalue weighted by atomic mass is 32.3. The van der Waals surface area contributed by atoms with Crippen molar-refractivity contribution in [1.82, 2.24) is 0 Å². The van der Waals surface area contributed by atoms with Gasteiger partial charge >= 0.3 is 10.4 Å². The molecule has 0 aromatic heterocycles. The van der Waals surface area contributed by atoms with Crippen molar-refractivity contribution in [3.05, 3.63) is 0 Å². The van der Waals surface area contributed by atoms with Gasteiger partial charge in [-0.15, -0.1) is 4.40 Å². The minimum atomic E-state index is -5.08. The van der Waals surface area contributed by atoms with Crippen molar-refractivity contribution in [1.29, 1.82) is 0 Å². The fourth-order valence-electron chi connectivity index (χ4n) is 0.126. The van der Waals surface area contributed by atoms with Crippen LogP contribution in [0.3, 0.4) is 0 Å². The van der Waals surface area contributed by atoms with Crippen LogP contribution in [0.4, 0.5) is 3.89 Å². The fourth-order valence-corrected chi connectivity index (χ4v) is 0.379. The molecule has 0 N–H and O–H groups in total. The van der Waals surface area contributed by atoms with Crippen molar-refractivity contribution in [3.8, 4) is 0 Å². The van der Waals surface area contributed by atoms with Crippen LogP contribution in [-0.2, 0) is 15.1 Å². The van der Waals surface area contributed by atoms with Gasteiger partial charge in [0.1, 0.15) is 0 Å². The molecule has 0 rings (SSSR count). The summed E-state index contributed by atoms with van der Waals surface area (Å²) < 4.78 is 35.9. The van der Waals surface area contributed by atoms with Gasteiger partial charge in [-0.2, -0.15) is 8.42 Å². The average Bonchev–Trinajstić information content (AvgIpc) is 1.62. The van der Waals surface area contributed by atoms with Gasteiger partial charge in [-0.3, -0.25) is 0 Å². The average molecular weight is 156 g/mol. The molecular weight excluding hydrogens is 153 g/mol. The number of ether oxygens (including phenoxy) is 1. The smallest absolute Gasteiger partial charge is 0.419 e. The van der Waals surface area contributed by atoms with Crippen molar-refractivity contribution in [2.75, 3.05) is 7.11 Å². The predicted octanol–water partition coefficient (Wildman–Crippen LogP) is -1.44. The van der Waals surface area contributed by atoms with Crippen molar-refractivity contribution in [2.45, 2.75) is 0 Å². The molecule has 0 aliphatic carbocycles. The van der Waals surface area contributed by atoms with Crippen LogP contribution in [0.5, 0.6) is 0 Å². The molecule has 0 bridgehead atoms. The Bertz CT molecular complexity index is 207. The third kappa shape index (κ3) is 5.01. The molecule has 0 heterocycles. The zero-order valence-electron chi connectivity index (χ0n) is 4.37. The highest BCUT2D eigenvalue weighted by molar-refractivity contribution is 7.85. The first-order valence-corrected chi connectivity index (χ1v) is 3.05. The highest BCUT2D eigenvalue weighted by Gasteiger charge is 2.00. The zero-order valence-corrected chi connectivity index (χ0v) is 5.18. The molecule has 0 unspecified atom stereocenters. The van der Waals surface area contributed by atoms with E-state index < -0.39 is 16.5 Å². The van der Waals surface area contributed by atoms with E-state index in [1.165, 1.54) is 0 Å². The summed E-state index contributed by atoms with van der Waals surface area (Å²) in [7, 11) is -4.20. The second kappa shape index (κ2) is 2.62. The predicted molar refractivity (Wildman–Crippen MR) is 24.5 cm³/mol. The minimum absolute atomic E-state index is 0.886. The molecule has 9 heavy (non-hydrogen) atoms. The standard InChI is InChI=1S/C2H4FNO4S/c1-8-2(5)4-9(3,6)7/h1H3,(H,4,5)/p-1. The van der Waals surface area contributed by atoms with E-state index in [0.717, 1.165) is 7.11 Å². The van der Waals surface area contributed by atoms with Crippen LogP contribution in [0.25, 0.3) is 0 Å². The van der Waals surface area contributed by atoms with E-state index in [9.17, 15) is 17.4 Å². The monoisotopic (exact) mass is 156 g/mol. The molecule has 0 saturated heterocycles. The van der Waals surface area contributed by atoms with Crippen LogP contribution < -0.4 is 5.11 Å². The van der Waals surface area contributed by atoms with E-state index in [-0.39, 0.29) is 0 Å². The summed E-state index contributed by atoms with van der Waals surface area (Å²) in [5, 5.41) is 9.82. The molecule has 0 aromatic rings. The highest BCUT2D eigenvalue weighted by Crippen LogP contribution is 1.90. The van der Waals surface area contributed by atoms with Gasteiger partial charge in [-0.05, 0) is 7.11 Å². The molecule has 7 heteroatoms. The first-order valence-electron chi connectivity index (χ1n) is 1.71. The molecule has 0 aliphatic heterocycles. The molecule has 0 aliphatic rings. The van der Waals surface area contributed by atoms with Crippen molar-refractivity contribution in [3.63, 3.8) is 0 Å². The van der Waals surface area contributed by atoms with Crippen LogP contribution in [0.15, 0.2) is 4.40 Å². The van der Waals surface area contributed by atoms with E-state index in [2.05, 4.69) is 4.74 Å². The Morgan fingerprint density at radius 2 is 2.22 bits per heavy atom. The summed E-state index contributed by atoms with van der Waals surface area (Å²) in [5.41, 5.74) is 0. The summed E-state index contributed by atoms with van der Waals surface area (Å²) in [4.78, 5) is 0. The first kappa shape index (κ1) is 8.15. The van der Waals surface area contributed by atoms with Gasteiger partial charge < -0.3 is 9.84 Å². The maximum absolute atomic E-state index is 11.3. The Balaban J connectivity index is 4.32. The molecule has 0 radical (unpaired) electrons. The lowest BCUT2D eigenvalue weighted by Gasteiger charge is -2.02. The summed E-state index contributed by atoms with van der Waals surface area (Å²) in [6.45, 7) is 0. The Morgan fingerprint density at radius 1 is 1.78 bits per heavy atom. The van der Waals surface area contributed by atoms with Crippen molar-refractivity contribution in [2.24, 2.45) is 4.40 Å². The lowest BCUT2D eigenvalue weighted by molar-refractivity contribution is -0.246. The number of hydrogen-bond donors (Lipinski definition) is 0. The molecule has 0 aromatic carbocycles. The van der Waals surface area contributed by atoms with Crippen LogP contribution in [0.2, 0.25) is 0 Å². The second-order valence-corrected chi connectivity index (χ2v) is 1.98. The molecular formula is C2H3FNO4S-. The largest absolute Gasteiger partial charge is 0.603 e. The van der Waals surface area contributed by atoms with Crippen molar-refractivity contribution < 1.29 is 22.1 Å². The summed E-state index contributed by atoms with van der Waals surface area (Å²) in [6, 6.07) is 0. The number of rotatable bonds is 1. The Hall–Kier alpha value is -0.850. The van der Waals surface area contributed by atoms with Crippen LogP contribution in [0.1, 0.15) is 0 Å². The van der Waals surface area contributed by atoms with Crippen LogP contribution in [0, 0.1) is 0 Å². The van der Waals surface area contributed by atoms with Gasteiger partial charge in [-0.25, -0.2) is 0 Å². The Labute approximate surface area is 51.1 Å². The van der Waals surface area contributed by atoms with E-state index >= 15 is 0 Å². The molecule has 0 amide bonds. The topological polar surface area (TPSA) is 78.8 Å². The van der Waals surface area contributed by atoms with Crippen LogP contribution >= 0.6 is 0 Å². The lowest BCUT2D eigenvalue weighted by Crippen LogP contribution is -2.20. The quantitative estimate of drug-likeness (QED) is 0.264. The summed E-state index contributed by atoms with van der Waals surface area (Å²) >= 11 is 0. The second-order valence-electron chi connectivity index (χ2n) is 0.973. The van der Waals surface area contributed by atoms with Gasteiger partial charge in [-0.1, -0.05) is 3.89 Å². The van der Waals surface area contributed by atoms with Crippen LogP contribution in [-0.4, -0.2) is 21.6 Å². The minimum Gasteiger partial charge on any atom is -0.603 e. The van der Waals surface area contributed by atoms with Crippen molar-refractivity contribution >= 4 is 16.5 Å². The summed E-state index contributed by atoms with van der Waals surface area (Å²) in [5.74, 6) is 0. The molecule has 0 saturated carbocycles. The van der Waals surface area contributed by atoms with E-state index in [1.807, 2.05) is 4.40 Å². The Morgan fingerprint density at radius 3 is 2.33 bits per heavy atom. The molecule has 0 atom stereocenters. The molecule has 0 spiro atoms. The molecule has 0 fully saturated rings. The summed E-state index contributed by atoms with van der Waals surface area (Å²) in [6.07, 6.45) is -1.47. The zero-order chi connectivity index (χ0) is 7.49. The van der Waals surface area contributed by atoms with Gasteiger partial charge in [0, 0.05) is 0 Å². The Kier molecular flexibility index (Phi) is 2.38. The van der Waals surface area contributed by atoms with Gasteiger partial charge in [0.2, 0.25) is 0 Å². The number of methoxy groups -OCH3 is 1. The third-order valence-corrected chi connectivity index (χ3v) is 0.725. The first-order chi connectivity index (χ1) is 3.95. The van der Waals surface area contributed by atoms with E-state index in [0.29, 0.717) is 0 Å². The third-order valence-electron chi connectivity index (χ3n) is 0.358. The van der Waals surface area contributed by atoms with E-state index in [1.54, 1.807) is 0 Å². The number of halogens is 1. The van der Waals surface area contributed by atoms with Gasteiger partial charge in [0.05, 0.1) is 0 Å². The number of nitrogens with zero attached hydrogens (tertiary/aromatic N) is 1. The lowest BCUT2D eigenvalue weighted by atomic mass is 11.3. The van der Waals surface area contributed by atoms with Gasteiger partial charge in [0.25, 0.3) is 0 Å². The maximum atomic E-state index is 11.3. The normalized spacial score (nSPS) is 13.3. The van der Waals surface area contributed by atoms with E-state index in [4.69, 9.17) is 0 Å². The molecule has 54 valence electrons. The SMILES string of the molecule is CO/C([O-])=N/S(=O)(=O)F. The maximum Gasteiger partial charge on any atom is 0.419 e. The van der Waals surface area contributed by atoms with Gasteiger partial charge in [0.15, 0.2) is 6.08 Å². The fraction of sp³-hybridized carbons (Fsp3) is 0.500.